The molecule has 102 valence electrons. The van der Waals surface area contributed by atoms with Crippen molar-refractivity contribution in [1.29, 1.82) is 0 Å². The molecule has 3 nitrogen and oxygen atoms in total. The van der Waals surface area contributed by atoms with Crippen molar-refractivity contribution < 1.29 is 4.74 Å². The van der Waals surface area contributed by atoms with Gasteiger partial charge in [-0.25, -0.2) is 0 Å². The highest BCUT2D eigenvalue weighted by Crippen LogP contribution is 2.14. The lowest BCUT2D eigenvalue weighted by molar-refractivity contribution is 0.242. The third-order valence-electron chi connectivity index (χ3n) is 2.78. The maximum Gasteiger partial charge on any atom is 0.119 e. The Bertz CT molecular complexity index is 344. The van der Waals surface area contributed by atoms with E-state index in [1.807, 2.05) is 26.0 Å². The van der Waals surface area contributed by atoms with Crippen molar-refractivity contribution in [1.82, 2.24) is 5.32 Å². The molecule has 0 unspecified atom stereocenters. The van der Waals surface area contributed by atoms with Crippen molar-refractivity contribution in [2.24, 2.45) is 11.1 Å². The van der Waals surface area contributed by atoms with Crippen LogP contribution in [0.1, 0.15) is 33.3 Å². The van der Waals surface area contributed by atoms with Crippen molar-refractivity contribution in [3.8, 4) is 5.75 Å². The predicted octanol–water partition coefficient (Wildman–Crippen LogP) is 2.55. The van der Waals surface area contributed by atoms with Crippen LogP contribution >= 0.6 is 0 Å². The number of nitrogens with two attached hydrogens (primary N) is 1. The minimum Gasteiger partial charge on any atom is -0.491 e. The van der Waals surface area contributed by atoms with Crippen molar-refractivity contribution in [2.75, 3.05) is 13.1 Å². The minimum absolute atomic E-state index is 0.153. The van der Waals surface area contributed by atoms with E-state index in [1.54, 1.807) is 0 Å². The monoisotopic (exact) mass is 250 g/mol. The lowest BCUT2D eigenvalue weighted by Gasteiger charge is -2.22. The molecule has 0 saturated heterocycles. The Morgan fingerprint density at radius 2 is 1.83 bits per heavy atom. The molecule has 1 rings (SSSR count). The quantitative estimate of drug-likeness (QED) is 0.782. The Labute approximate surface area is 111 Å². The van der Waals surface area contributed by atoms with Crippen LogP contribution in [0.4, 0.5) is 0 Å². The average molecular weight is 250 g/mol. The second-order valence-electron chi connectivity index (χ2n) is 5.78. The minimum atomic E-state index is 0.153. The van der Waals surface area contributed by atoms with Gasteiger partial charge in [-0.3, -0.25) is 0 Å². The molecule has 18 heavy (non-hydrogen) atoms. The second-order valence-corrected chi connectivity index (χ2v) is 5.78. The van der Waals surface area contributed by atoms with Crippen LogP contribution in [0.2, 0.25) is 0 Å². The summed E-state index contributed by atoms with van der Waals surface area (Å²) in [6.07, 6.45) is 0.222. The van der Waals surface area contributed by atoms with Gasteiger partial charge in [0.1, 0.15) is 5.75 Å². The summed E-state index contributed by atoms with van der Waals surface area (Å²) >= 11 is 0. The molecule has 0 amide bonds. The molecule has 3 N–H and O–H groups in total. The van der Waals surface area contributed by atoms with E-state index in [-0.39, 0.29) is 11.5 Å². The number of rotatable bonds is 7. The Kier molecular flexibility index (Phi) is 5.63. The van der Waals surface area contributed by atoms with Crippen LogP contribution in [-0.4, -0.2) is 19.2 Å². The molecule has 0 aromatic heterocycles. The Balaban J connectivity index is 2.40. The Morgan fingerprint density at radius 3 is 2.33 bits per heavy atom. The standard InChI is InChI=1S/C15H26N2O/c1-12(2)18-14-7-5-13(6-8-14)9-17-11-15(3,4)10-16/h5-8,12,17H,9-11,16H2,1-4H3. The highest BCUT2D eigenvalue weighted by Gasteiger charge is 2.14. The maximum atomic E-state index is 5.70. The first kappa shape index (κ1) is 15.0. The van der Waals surface area contributed by atoms with Gasteiger partial charge in [-0.1, -0.05) is 26.0 Å². The van der Waals surface area contributed by atoms with Crippen molar-refractivity contribution in [2.45, 2.75) is 40.3 Å². The van der Waals surface area contributed by atoms with Crippen LogP contribution in [0, 0.1) is 5.41 Å². The van der Waals surface area contributed by atoms with Crippen LogP contribution < -0.4 is 15.8 Å². The van der Waals surface area contributed by atoms with E-state index in [4.69, 9.17) is 10.5 Å². The number of hydrogen-bond acceptors (Lipinski definition) is 3. The molecule has 0 aliphatic rings. The molecular weight excluding hydrogens is 224 g/mol. The molecular formula is C15H26N2O. The van der Waals surface area contributed by atoms with Crippen molar-refractivity contribution in [3.63, 3.8) is 0 Å². The molecule has 1 aromatic rings. The van der Waals surface area contributed by atoms with E-state index in [0.29, 0.717) is 6.54 Å². The first-order valence-corrected chi connectivity index (χ1v) is 6.59. The van der Waals surface area contributed by atoms with Gasteiger partial charge in [0.05, 0.1) is 6.10 Å². The zero-order valence-electron chi connectivity index (χ0n) is 12.0. The summed E-state index contributed by atoms with van der Waals surface area (Å²) in [7, 11) is 0. The molecule has 0 radical (unpaired) electrons. The predicted molar refractivity (Wildman–Crippen MR) is 76.7 cm³/mol. The number of benzene rings is 1. The SMILES string of the molecule is CC(C)Oc1ccc(CNCC(C)(C)CN)cc1. The van der Waals surface area contributed by atoms with Gasteiger partial charge in [0.2, 0.25) is 0 Å². The average Bonchev–Trinajstić information content (AvgIpc) is 2.30. The number of ether oxygens (including phenoxy) is 1. The van der Waals surface area contributed by atoms with Gasteiger partial charge in [-0.05, 0) is 43.5 Å². The van der Waals surface area contributed by atoms with E-state index in [0.717, 1.165) is 18.8 Å². The topological polar surface area (TPSA) is 47.3 Å². The zero-order chi connectivity index (χ0) is 13.6. The van der Waals surface area contributed by atoms with Gasteiger partial charge < -0.3 is 15.8 Å². The highest BCUT2D eigenvalue weighted by molar-refractivity contribution is 5.27. The lowest BCUT2D eigenvalue weighted by atomic mass is 9.94. The normalized spacial score (nSPS) is 11.9. The molecule has 0 fully saturated rings. The van der Waals surface area contributed by atoms with Crippen LogP contribution in [0.15, 0.2) is 24.3 Å². The molecule has 0 spiro atoms. The number of nitrogens with one attached hydrogen (secondary N) is 1. The van der Waals surface area contributed by atoms with E-state index in [2.05, 4.69) is 31.3 Å². The summed E-state index contributed by atoms with van der Waals surface area (Å²) in [4.78, 5) is 0. The summed E-state index contributed by atoms with van der Waals surface area (Å²) in [5, 5.41) is 3.43. The smallest absolute Gasteiger partial charge is 0.119 e. The molecule has 0 heterocycles. The first-order valence-electron chi connectivity index (χ1n) is 6.59. The van der Waals surface area contributed by atoms with Crippen LogP contribution in [-0.2, 0) is 6.54 Å². The van der Waals surface area contributed by atoms with Gasteiger partial charge in [0.15, 0.2) is 0 Å². The fraction of sp³-hybridized carbons (Fsp3) is 0.600. The van der Waals surface area contributed by atoms with Gasteiger partial charge in [0.25, 0.3) is 0 Å². The van der Waals surface area contributed by atoms with Gasteiger partial charge in [-0.2, -0.15) is 0 Å². The Hall–Kier alpha value is -1.06. The number of hydrogen-bond donors (Lipinski definition) is 2. The third-order valence-corrected chi connectivity index (χ3v) is 2.78. The summed E-state index contributed by atoms with van der Waals surface area (Å²) < 4.78 is 5.61. The summed E-state index contributed by atoms with van der Waals surface area (Å²) in [5.74, 6) is 0.927. The molecule has 3 heteroatoms. The molecule has 0 saturated carbocycles. The van der Waals surface area contributed by atoms with E-state index in [1.165, 1.54) is 5.56 Å². The maximum absolute atomic E-state index is 5.70. The highest BCUT2D eigenvalue weighted by atomic mass is 16.5. The molecule has 0 aliphatic heterocycles. The van der Waals surface area contributed by atoms with Crippen LogP contribution in [0.3, 0.4) is 0 Å². The van der Waals surface area contributed by atoms with E-state index >= 15 is 0 Å². The zero-order valence-corrected chi connectivity index (χ0v) is 12.0. The van der Waals surface area contributed by atoms with Gasteiger partial charge in [0, 0.05) is 13.1 Å². The third kappa shape index (κ3) is 5.52. The van der Waals surface area contributed by atoms with Crippen molar-refractivity contribution in [3.05, 3.63) is 29.8 Å². The van der Waals surface area contributed by atoms with E-state index < -0.39 is 0 Å². The van der Waals surface area contributed by atoms with Gasteiger partial charge in [-0.15, -0.1) is 0 Å². The van der Waals surface area contributed by atoms with Crippen LogP contribution in [0.5, 0.6) is 5.75 Å². The lowest BCUT2D eigenvalue weighted by Crippen LogP contribution is -2.35. The summed E-state index contributed by atoms with van der Waals surface area (Å²) in [5.41, 5.74) is 7.11. The molecule has 1 aromatic carbocycles. The second kappa shape index (κ2) is 6.76. The van der Waals surface area contributed by atoms with E-state index in [9.17, 15) is 0 Å². The molecule has 0 atom stereocenters. The molecule has 0 aliphatic carbocycles. The first-order chi connectivity index (χ1) is 8.43. The Morgan fingerprint density at radius 1 is 1.22 bits per heavy atom. The fourth-order valence-corrected chi connectivity index (χ4v) is 1.58. The summed E-state index contributed by atoms with van der Waals surface area (Å²) in [6.45, 7) is 10.9. The van der Waals surface area contributed by atoms with Crippen LogP contribution in [0.25, 0.3) is 0 Å². The van der Waals surface area contributed by atoms with Crippen molar-refractivity contribution >= 4 is 0 Å². The molecule has 0 bridgehead atoms. The fourth-order valence-electron chi connectivity index (χ4n) is 1.58. The largest absolute Gasteiger partial charge is 0.491 e. The van der Waals surface area contributed by atoms with Gasteiger partial charge >= 0.3 is 0 Å². The summed E-state index contributed by atoms with van der Waals surface area (Å²) in [6, 6.07) is 8.23.